The fourth-order valence-electron chi connectivity index (χ4n) is 11.2. The molecule has 8 aromatic rings. The van der Waals surface area contributed by atoms with Crippen molar-refractivity contribution in [2.24, 2.45) is 11.8 Å². The summed E-state index contributed by atoms with van der Waals surface area (Å²) in [5.41, 5.74) is 21.6. The van der Waals surface area contributed by atoms with Crippen LogP contribution in [0.4, 0.5) is 32.3 Å². The van der Waals surface area contributed by atoms with Gasteiger partial charge in [-0.2, -0.15) is 9.97 Å². The van der Waals surface area contributed by atoms with Gasteiger partial charge in [-0.3, -0.25) is 56.1 Å². The predicted molar refractivity (Wildman–Crippen MR) is 320 cm³/mol. The van der Waals surface area contributed by atoms with E-state index in [0.717, 1.165) is 47.1 Å². The maximum atomic E-state index is 15.9. The molecule has 0 spiro atoms. The third-order valence-electron chi connectivity index (χ3n) is 15.4. The Bertz CT molecular complexity index is 4210. The molecular formula is C42H62B2F2N24O22P4+2. The number of nitrogen functional groups attached to an aromatic ring is 4. The van der Waals surface area contributed by atoms with E-state index in [0.29, 0.717) is 0 Å². The lowest BCUT2D eigenvalue weighted by atomic mass is 9.99. The van der Waals surface area contributed by atoms with Crippen LogP contribution in [0, 0.1) is 11.8 Å². The van der Waals surface area contributed by atoms with Crippen LogP contribution in [0.15, 0.2) is 47.6 Å². The van der Waals surface area contributed by atoms with Gasteiger partial charge in [-0.05, 0) is 0 Å². The number of nitrogens with zero attached hydrogens (tertiary/aromatic N) is 14. The molecule has 0 aromatic carbocycles. The minimum atomic E-state index is -5.34. The van der Waals surface area contributed by atoms with E-state index in [9.17, 15) is 47.8 Å². The highest BCUT2D eigenvalue weighted by Crippen LogP contribution is 2.56. The molecular weight excluding hydrogens is 1380 g/mol. The van der Waals surface area contributed by atoms with E-state index in [2.05, 4.69) is 59.8 Å². The van der Waals surface area contributed by atoms with Crippen LogP contribution in [0.1, 0.15) is 24.9 Å². The number of hydrogen-bond acceptors (Lipinski definition) is 36. The van der Waals surface area contributed by atoms with Crippen LogP contribution < -0.4 is 68.4 Å². The Kier molecular flexibility index (Phi) is 21.2. The topological polar surface area (TPSA) is 730 Å². The summed E-state index contributed by atoms with van der Waals surface area (Å²) in [5, 5.41) is 20.5. The molecule has 46 nitrogen and oxygen atoms in total. The first-order chi connectivity index (χ1) is 43.7. The lowest BCUT2D eigenvalue weighted by Gasteiger charge is -2.30. The highest BCUT2D eigenvalue weighted by atomic mass is 31.2. The van der Waals surface area contributed by atoms with Crippen molar-refractivity contribution >= 4 is 114 Å². The Labute approximate surface area is 536 Å². The summed E-state index contributed by atoms with van der Waals surface area (Å²) in [6.07, 6.45) is -15.7. The molecule has 14 heterocycles. The predicted octanol–water partition coefficient (Wildman–Crippen LogP) is -1.64. The van der Waals surface area contributed by atoms with Crippen molar-refractivity contribution in [1.82, 2.24) is 103 Å². The van der Waals surface area contributed by atoms with E-state index >= 15 is 8.78 Å². The number of aliphatic hydroxyl groups is 2. The number of halogens is 2. The number of phosphoric ester groups is 2. The lowest BCUT2D eigenvalue weighted by Crippen LogP contribution is -2.35. The monoisotopic (exact) mass is 1440 g/mol. The summed E-state index contributed by atoms with van der Waals surface area (Å²) in [6.45, 7) is -4.57. The number of alkyl halides is 2. The van der Waals surface area contributed by atoms with E-state index < -0.39 is 179 Å². The number of H-pyrrole nitrogens is 2. The largest absolute Gasteiger partial charge is 0.756 e. The van der Waals surface area contributed by atoms with Crippen LogP contribution in [0.2, 0.25) is 0 Å². The zero-order valence-corrected chi connectivity index (χ0v) is 53.9. The Morgan fingerprint density at radius 3 is 1.19 bits per heavy atom. The molecule has 6 aliphatic heterocycles. The Balaban J connectivity index is 0.000000216. The second-order valence-corrected chi connectivity index (χ2v) is 26.8. The van der Waals surface area contributed by atoms with Crippen molar-refractivity contribution in [1.29, 1.82) is 0 Å². The maximum Gasteiger partial charge on any atom is 0.280 e. The van der Waals surface area contributed by atoms with Gasteiger partial charge in [-0.15, -0.1) is 0 Å². The lowest BCUT2D eigenvalue weighted by molar-refractivity contribution is -0.236. The van der Waals surface area contributed by atoms with Crippen molar-refractivity contribution in [3.05, 3.63) is 58.7 Å². The second-order valence-electron chi connectivity index (χ2n) is 21.0. The van der Waals surface area contributed by atoms with Gasteiger partial charge in [-0.1, -0.05) is 0 Å². The minimum Gasteiger partial charge on any atom is -0.756 e. The highest BCUT2D eigenvalue weighted by Gasteiger charge is 2.55. The van der Waals surface area contributed by atoms with Gasteiger partial charge in [0, 0.05) is 11.8 Å². The number of quaternary nitrogens is 4. The molecule has 54 heteroatoms. The number of fused-ring (bicyclic) bond motifs is 10. The smallest absolute Gasteiger partial charge is 0.280 e. The molecule has 20 atom stereocenters. The normalized spacial score (nSPS) is 35.6. The van der Waals surface area contributed by atoms with Crippen molar-refractivity contribution in [3.8, 4) is 0 Å². The highest BCUT2D eigenvalue weighted by molar-refractivity contribution is 7.79. The molecule has 6 unspecified atom stereocenters. The SMILES string of the molecule is [B][P@@]1(=O)OC[C@H]2OC(n3cnc4c(N)ncnc43)[C@@H](F)[C@H]2OP(=O)([O-])OCC2O[C@@H](n3cnc4c(=O)[nH]c(N)nc43)[C@@H](O1)[C@H]2CO.[B][P@@]1(=O)OC[C@H]2OC(n3cnc4c(N)ncnc43)[C@@H](F)[C@H]2OP(=O)([O-])OCC2O[C@@H](n3cnc4c(=O)[nH]c(N)nc43)[C@@H](O1)[C@H]2CO.[NH4+].[NH4+].[NH4+].[NH4+]. The third-order valence-corrected chi connectivity index (χ3v) is 19.4. The van der Waals surface area contributed by atoms with Crippen LogP contribution in [-0.4, -0.2) is 204 Å². The first-order valence-corrected chi connectivity index (χ1v) is 33.0. The summed E-state index contributed by atoms with van der Waals surface area (Å²) in [5.74, 6) is -2.79. The van der Waals surface area contributed by atoms with Crippen molar-refractivity contribution in [3.63, 3.8) is 0 Å². The zero-order chi connectivity index (χ0) is 65.1. The quantitative estimate of drug-likeness (QED) is 0.0656. The van der Waals surface area contributed by atoms with E-state index in [1.165, 1.54) is 9.13 Å². The third kappa shape index (κ3) is 13.7. The van der Waals surface area contributed by atoms with Crippen LogP contribution in [0.25, 0.3) is 44.7 Å². The van der Waals surface area contributed by atoms with Crippen LogP contribution in [0.5, 0.6) is 0 Å². The minimum absolute atomic E-state index is 0. The second kappa shape index (κ2) is 27.8. The van der Waals surface area contributed by atoms with E-state index in [-0.39, 0.29) is 92.8 Å². The number of nitrogens with two attached hydrogens (primary N) is 4. The summed E-state index contributed by atoms with van der Waals surface area (Å²) in [6, 6.07) is 0. The fourth-order valence-corrected chi connectivity index (χ4v) is 15.1. The average Bonchev–Trinajstić information content (AvgIpc) is 1.64. The van der Waals surface area contributed by atoms with E-state index in [1.807, 2.05) is 0 Å². The first-order valence-electron chi connectivity index (χ1n) is 26.8. The molecule has 6 aliphatic rings. The van der Waals surface area contributed by atoms with Crippen LogP contribution in [-0.2, 0) is 73.4 Å². The van der Waals surface area contributed by atoms with E-state index in [1.54, 1.807) is 0 Å². The zero-order valence-electron chi connectivity index (χ0n) is 50.3. The number of phosphoric acid groups is 2. The molecule has 520 valence electrons. The number of rotatable bonds is 6. The molecule has 6 saturated heterocycles. The number of anilines is 4. The van der Waals surface area contributed by atoms with Gasteiger partial charge in [0.25, 0.3) is 41.7 Å². The van der Waals surface area contributed by atoms with Crippen molar-refractivity contribution in [2.75, 3.05) is 62.6 Å². The number of aromatic amines is 2. The summed E-state index contributed by atoms with van der Waals surface area (Å²) in [4.78, 5) is 95.3. The standard InChI is InChI=1S/2C21H24BFN10O11P2.4H3N/c2*22-45(36)39-3-9-14(10(23)19(42-9)32-5-28-11-15(24)26-4-27-16(11)32)44-46(37,38)40-2-8-7(1-34)13(43-45)20(41-8)33-6-29-12-17(33)30-21(25)31-18(12)35;;;;/h2*4-10,13-14,19-20,34H,1-3H2,(H,37,38)(H2,24,26,27)(H3,25,30,31,35);4*1H3/p+2/t2*7-,8?,9+,10-,13-,14-,19?,20+,45+;;;;/m00..../s1. The molecule has 6 fully saturated rings. The molecule has 96 heavy (non-hydrogen) atoms. The molecule has 4 bridgehead atoms. The number of imidazole rings is 4. The van der Waals surface area contributed by atoms with Crippen molar-refractivity contribution < 1.29 is 102 Å². The number of ether oxygens (including phenoxy) is 4. The molecule has 8 aromatic heterocycles. The molecule has 28 N–H and O–H groups in total. The van der Waals surface area contributed by atoms with Gasteiger partial charge < -0.3 is 123 Å². The van der Waals surface area contributed by atoms with E-state index in [4.69, 9.17) is 93.2 Å². The molecule has 4 radical (unpaired) electrons. The summed E-state index contributed by atoms with van der Waals surface area (Å²) < 4.78 is 156. The van der Waals surface area contributed by atoms with Gasteiger partial charge in [0.05, 0.1) is 77.2 Å². The Morgan fingerprint density at radius 2 is 0.823 bits per heavy atom. The van der Waals surface area contributed by atoms with Gasteiger partial charge in [0.15, 0.2) is 82.5 Å². The molecule has 0 aliphatic carbocycles. The molecule has 0 amide bonds. The average molecular weight is 1440 g/mol. The van der Waals surface area contributed by atoms with Crippen LogP contribution >= 0.6 is 30.6 Å². The first kappa shape index (κ1) is 73.4. The number of nitrogens with one attached hydrogen (secondary N) is 2. The Morgan fingerprint density at radius 1 is 0.490 bits per heavy atom. The molecule has 14 rings (SSSR count). The molecule has 0 saturated carbocycles. The number of aromatic nitrogens is 16. The van der Waals surface area contributed by atoms with Gasteiger partial charge in [0.2, 0.25) is 27.0 Å². The number of hydrogen-bond donors (Lipinski definition) is 12. The van der Waals surface area contributed by atoms with Gasteiger partial charge in [0.1, 0.15) is 60.3 Å². The fraction of sp³-hybridized carbons (Fsp3) is 0.524. The van der Waals surface area contributed by atoms with Gasteiger partial charge in [-0.25, -0.2) is 48.7 Å². The number of aliphatic hydroxyl groups excluding tert-OH is 2. The van der Waals surface area contributed by atoms with Crippen molar-refractivity contribution in [2.45, 2.75) is 86.1 Å². The van der Waals surface area contributed by atoms with Gasteiger partial charge >= 0.3 is 0 Å². The van der Waals surface area contributed by atoms with Crippen LogP contribution in [0.3, 0.4) is 0 Å². The summed E-state index contributed by atoms with van der Waals surface area (Å²) >= 11 is 0. The Hall–Kier alpha value is -6.89. The maximum absolute atomic E-state index is 15.9. The summed E-state index contributed by atoms with van der Waals surface area (Å²) in [7, 11) is -8.08.